The molecule has 0 aliphatic carbocycles. The Hall–Kier alpha value is -7.37. The normalized spacial score (nSPS) is 11.7. The summed E-state index contributed by atoms with van der Waals surface area (Å²) in [7, 11) is 0. The van der Waals surface area contributed by atoms with Crippen LogP contribution in [0.2, 0.25) is 0 Å². The largest absolute Gasteiger partial charge is 0.253 e. The van der Waals surface area contributed by atoms with Gasteiger partial charge in [0.2, 0.25) is 0 Å². The van der Waals surface area contributed by atoms with Crippen LogP contribution in [0.5, 0.6) is 0 Å². The predicted molar refractivity (Wildman–Crippen MR) is 222 cm³/mol. The number of hydrogen-bond donors (Lipinski definition) is 0. The van der Waals surface area contributed by atoms with Gasteiger partial charge in [0.05, 0.1) is 50.4 Å². The Morgan fingerprint density at radius 3 is 1.35 bits per heavy atom. The first-order chi connectivity index (χ1) is 26.7. The Morgan fingerprint density at radius 2 is 0.759 bits per heavy atom. The number of aromatic nitrogens is 5. The van der Waals surface area contributed by atoms with E-state index in [0.717, 1.165) is 110 Å². The second kappa shape index (κ2) is 12.1. The quantitative estimate of drug-likeness (QED) is 0.172. The Kier molecular flexibility index (Phi) is 6.79. The van der Waals surface area contributed by atoms with Crippen LogP contribution >= 0.6 is 0 Å². The van der Waals surface area contributed by atoms with Gasteiger partial charge in [0.15, 0.2) is 0 Å². The van der Waals surface area contributed by atoms with Crippen LogP contribution in [0.25, 0.3) is 110 Å². The number of hydrogen-bond acceptors (Lipinski definition) is 5. The van der Waals surface area contributed by atoms with Crippen molar-refractivity contribution in [2.45, 2.75) is 0 Å². The second-order valence-electron chi connectivity index (χ2n) is 13.7. The highest BCUT2D eigenvalue weighted by Gasteiger charge is 2.17. The smallest absolute Gasteiger partial charge is 0.0972 e. The zero-order valence-electron chi connectivity index (χ0n) is 29.0. The lowest BCUT2D eigenvalue weighted by Crippen LogP contribution is -1.94. The Labute approximate surface area is 310 Å². The molecule has 0 aliphatic heterocycles. The van der Waals surface area contributed by atoms with Crippen LogP contribution in [0.15, 0.2) is 176 Å². The standard InChI is InChI=1S/C49H29N5/c1-3-9-30(10-4-1)40-26-22-34-19-20-35-23-28-42(52-47(35)46(34)51-40)32-15-17-33(18-16-32)45-39-29-50-49-38(44(39)37-13-7-8-14-43(37)54-45)25-21-36-24-27-41(53-48(36)49)31-11-5-2-6-12-31/h1-29H. The van der Waals surface area contributed by atoms with Crippen molar-refractivity contribution in [2.75, 3.05) is 0 Å². The predicted octanol–water partition coefficient (Wildman–Crippen LogP) is 12.2. The molecule has 0 atom stereocenters. The van der Waals surface area contributed by atoms with Gasteiger partial charge in [-0.05, 0) is 24.3 Å². The number of fused-ring (bicyclic) bond motifs is 10. The van der Waals surface area contributed by atoms with Crippen LogP contribution in [0.1, 0.15) is 0 Å². The minimum atomic E-state index is 0.885. The molecule has 0 radical (unpaired) electrons. The molecule has 5 nitrogen and oxygen atoms in total. The highest BCUT2D eigenvalue weighted by molar-refractivity contribution is 6.24. The van der Waals surface area contributed by atoms with Crippen molar-refractivity contribution < 1.29 is 0 Å². The minimum Gasteiger partial charge on any atom is -0.253 e. The van der Waals surface area contributed by atoms with E-state index in [4.69, 9.17) is 24.9 Å². The van der Waals surface area contributed by atoms with E-state index in [1.807, 2.05) is 48.7 Å². The van der Waals surface area contributed by atoms with Gasteiger partial charge in [0.1, 0.15) is 0 Å². The van der Waals surface area contributed by atoms with Crippen molar-refractivity contribution >= 4 is 65.3 Å². The molecule has 0 spiro atoms. The molecule has 5 heterocycles. The maximum Gasteiger partial charge on any atom is 0.0972 e. The van der Waals surface area contributed by atoms with Crippen LogP contribution in [0.3, 0.4) is 0 Å². The molecule has 0 fully saturated rings. The molecule has 5 aromatic heterocycles. The third kappa shape index (κ3) is 4.90. The van der Waals surface area contributed by atoms with E-state index >= 15 is 0 Å². The molecule has 11 aromatic rings. The minimum absolute atomic E-state index is 0.885. The van der Waals surface area contributed by atoms with Gasteiger partial charge in [-0.25, -0.2) is 19.9 Å². The molecule has 11 rings (SSSR count). The first-order valence-corrected chi connectivity index (χ1v) is 18.1. The van der Waals surface area contributed by atoms with Crippen LogP contribution < -0.4 is 0 Å². The first kappa shape index (κ1) is 30.3. The Morgan fingerprint density at radius 1 is 0.296 bits per heavy atom. The van der Waals surface area contributed by atoms with Crippen LogP contribution in [0.4, 0.5) is 0 Å². The average molecular weight is 688 g/mol. The van der Waals surface area contributed by atoms with E-state index in [9.17, 15) is 0 Å². The third-order valence-corrected chi connectivity index (χ3v) is 10.5. The lowest BCUT2D eigenvalue weighted by Gasteiger charge is -2.14. The summed E-state index contributed by atoms with van der Waals surface area (Å²) in [4.78, 5) is 25.7. The number of para-hydroxylation sites is 1. The fourth-order valence-electron chi connectivity index (χ4n) is 7.76. The summed E-state index contributed by atoms with van der Waals surface area (Å²) in [6.45, 7) is 0. The Balaban J connectivity index is 1.04. The number of rotatable bonds is 4. The van der Waals surface area contributed by atoms with Gasteiger partial charge in [-0.2, -0.15) is 0 Å². The summed E-state index contributed by atoms with van der Waals surface area (Å²) in [6, 6.07) is 58.8. The molecule has 6 aromatic carbocycles. The zero-order chi connectivity index (χ0) is 35.6. The van der Waals surface area contributed by atoms with Crippen LogP contribution in [-0.2, 0) is 0 Å². The molecular formula is C49H29N5. The maximum atomic E-state index is 5.23. The molecule has 250 valence electrons. The molecule has 0 bridgehead atoms. The number of benzene rings is 6. The first-order valence-electron chi connectivity index (χ1n) is 18.1. The molecule has 0 unspecified atom stereocenters. The molecule has 0 amide bonds. The van der Waals surface area contributed by atoms with E-state index in [-0.39, 0.29) is 0 Å². The lowest BCUT2D eigenvalue weighted by atomic mass is 9.96. The lowest BCUT2D eigenvalue weighted by molar-refractivity contribution is 1.36. The van der Waals surface area contributed by atoms with Crippen molar-refractivity contribution in [2.24, 2.45) is 0 Å². The summed E-state index contributed by atoms with van der Waals surface area (Å²) in [5.74, 6) is 0. The monoisotopic (exact) mass is 687 g/mol. The van der Waals surface area contributed by atoms with Gasteiger partial charge < -0.3 is 0 Å². The van der Waals surface area contributed by atoms with Crippen LogP contribution in [-0.4, -0.2) is 24.9 Å². The highest BCUT2D eigenvalue weighted by atomic mass is 14.8. The van der Waals surface area contributed by atoms with E-state index < -0.39 is 0 Å². The van der Waals surface area contributed by atoms with Crippen molar-refractivity contribution in [3.63, 3.8) is 0 Å². The summed E-state index contributed by atoms with van der Waals surface area (Å²) >= 11 is 0. The third-order valence-electron chi connectivity index (χ3n) is 10.5. The van der Waals surface area contributed by atoms with E-state index in [1.165, 1.54) is 0 Å². The fourth-order valence-corrected chi connectivity index (χ4v) is 7.76. The molecule has 0 saturated heterocycles. The molecular weight excluding hydrogens is 659 g/mol. The number of pyridine rings is 5. The van der Waals surface area contributed by atoms with Gasteiger partial charge >= 0.3 is 0 Å². The van der Waals surface area contributed by atoms with Crippen LogP contribution in [0, 0.1) is 0 Å². The molecule has 54 heavy (non-hydrogen) atoms. The summed E-state index contributed by atoms with van der Waals surface area (Å²) in [5, 5.41) is 7.48. The van der Waals surface area contributed by atoms with Gasteiger partial charge in [-0.1, -0.05) is 146 Å². The van der Waals surface area contributed by atoms with E-state index in [1.54, 1.807) is 0 Å². The molecule has 5 heteroatoms. The van der Waals surface area contributed by atoms with Crippen molar-refractivity contribution in [1.82, 2.24) is 24.9 Å². The molecule has 0 aliphatic rings. The second-order valence-corrected chi connectivity index (χ2v) is 13.7. The fraction of sp³-hybridized carbons (Fsp3) is 0. The van der Waals surface area contributed by atoms with Crippen molar-refractivity contribution in [3.8, 4) is 45.0 Å². The Bertz CT molecular complexity index is 3250. The van der Waals surface area contributed by atoms with Crippen molar-refractivity contribution in [3.05, 3.63) is 176 Å². The number of nitrogens with zero attached hydrogens (tertiary/aromatic N) is 5. The maximum absolute atomic E-state index is 5.23. The van der Waals surface area contributed by atoms with Crippen molar-refractivity contribution in [1.29, 1.82) is 0 Å². The summed E-state index contributed by atoms with van der Waals surface area (Å²) in [5.41, 5.74) is 12.4. The summed E-state index contributed by atoms with van der Waals surface area (Å²) < 4.78 is 0. The summed E-state index contributed by atoms with van der Waals surface area (Å²) in [6.07, 6.45) is 1.98. The zero-order valence-corrected chi connectivity index (χ0v) is 29.0. The van der Waals surface area contributed by atoms with Gasteiger partial charge in [0, 0.05) is 66.2 Å². The van der Waals surface area contributed by atoms with Gasteiger partial charge in [0.25, 0.3) is 0 Å². The van der Waals surface area contributed by atoms with Gasteiger partial charge in [-0.15, -0.1) is 0 Å². The molecule has 0 saturated carbocycles. The van der Waals surface area contributed by atoms with Gasteiger partial charge in [-0.3, -0.25) is 4.98 Å². The molecule has 0 N–H and O–H groups in total. The van der Waals surface area contributed by atoms with E-state index in [2.05, 4.69) is 127 Å². The SMILES string of the molecule is c1ccc(-c2ccc3ccc4ccc(-c5ccc(-c6nc7ccccc7c7c6cnc6c7ccc7ccc(-c8ccccc8)nc76)cc5)nc4c3n2)cc1. The highest BCUT2D eigenvalue weighted by Crippen LogP contribution is 2.39. The topological polar surface area (TPSA) is 64.5 Å². The average Bonchev–Trinajstić information content (AvgIpc) is 3.25. The van der Waals surface area contributed by atoms with E-state index in [0.29, 0.717) is 0 Å².